The molecule has 5 heteroatoms. The van der Waals surface area contributed by atoms with Gasteiger partial charge in [-0.3, -0.25) is 14.4 Å². The van der Waals surface area contributed by atoms with E-state index in [1.807, 2.05) is 0 Å². The Hall–Kier alpha value is -1.39. The number of Topliss-reactive ketones (excluding diaryl/α,β-unsaturated/α-hetero) is 1. The molecule has 3 atom stereocenters. The first-order chi connectivity index (χ1) is 36.2. The third-order valence-corrected chi connectivity index (χ3v) is 16.8. The van der Waals surface area contributed by atoms with Gasteiger partial charge in [-0.25, -0.2) is 0 Å². The first-order valence-corrected chi connectivity index (χ1v) is 34.1. The smallest absolute Gasteiger partial charge is 0.305 e. The topological polar surface area (TPSA) is 69.7 Å². The Kier molecular flexibility index (Phi) is 56.7. The summed E-state index contributed by atoms with van der Waals surface area (Å²) in [5, 5.41) is 0. The Morgan fingerprint density at radius 3 is 0.878 bits per heavy atom. The molecule has 0 aliphatic carbocycles. The van der Waals surface area contributed by atoms with Crippen molar-refractivity contribution < 1.29 is 23.9 Å². The van der Waals surface area contributed by atoms with Crippen molar-refractivity contribution in [2.75, 3.05) is 13.2 Å². The zero-order valence-corrected chi connectivity index (χ0v) is 51.6. The lowest BCUT2D eigenvalue weighted by Crippen LogP contribution is -2.25. The number of esters is 2. The molecule has 0 bridgehead atoms. The first kappa shape index (κ1) is 72.6. The summed E-state index contributed by atoms with van der Waals surface area (Å²) in [5.41, 5.74) is 0. The van der Waals surface area contributed by atoms with Crippen molar-refractivity contribution in [2.45, 2.75) is 382 Å². The van der Waals surface area contributed by atoms with Crippen molar-refractivity contribution in [3.8, 4) is 0 Å². The van der Waals surface area contributed by atoms with E-state index in [0.717, 1.165) is 77.0 Å². The van der Waals surface area contributed by atoms with Gasteiger partial charge < -0.3 is 9.47 Å². The van der Waals surface area contributed by atoms with Crippen LogP contribution in [0.15, 0.2) is 0 Å². The molecular formula is C69H134O5. The SMILES string of the molecule is CCCCCCCCCCC(CCCCCCCC)COC(=O)CCCCCC(CCCCCC(=O)OCC(CCCCCCCC)CCCCCCCCCC)C(CCCC(C)C)C(=O)CCCCCCCC. The molecule has 3 unspecified atom stereocenters. The van der Waals surface area contributed by atoms with Crippen molar-refractivity contribution in [2.24, 2.45) is 29.6 Å². The minimum absolute atomic E-state index is 0.0125. The molecule has 0 radical (unpaired) electrons. The number of ether oxygens (including phenoxy) is 2. The van der Waals surface area contributed by atoms with Gasteiger partial charge in [0, 0.05) is 25.2 Å². The highest BCUT2D eigenvalue weighted by Gasteiger charge is 2.27. The van der Waals surface area contributed by atoms with Crippen LogP contribution in [0.25, 0.3) is 0 Å². The Balaban J connectivity index is 5.40. The average Bonchev–Trinajstić information content (AvgIpc) is 3.39. The van der Waals surface area contributed by atoms with Gasteiger partial charge in [-0.1, -0.05) is 299 Å². The Labute approximate surface area is 464 Å². The van der Waals surface area contributed by atoms with Gasteiger partial charge in [0.15, 0.2) is 0 Å². The summed E-state index contributed by atoms with van der Waals surface area (Å²) < 4.78 is 12.0. The van der Waals surface area contributed by atoms with Crippen LogP contribution in [0.5, 0.6) is 0 Å². The summed E-state index contributed by atoms with van der Waals surface area (Å²) in [7, 11) is 0. The van der Waals surface area contributed by atoms with Crippen molar-refractivity contribution in [1.82, 2.24) is 0 Å². The van der Waals surface area contributed by atoms with E-state index in [1.54, 1.807) is 0 Å². The maximum absolute atomic E-state index is 14.2. The minimum atomic E-state index is -0.0125. The van der Waals surface area contributed by atoms with Gasteiger partial charge in [0.25, 0.3) is 0 Å². The zero-order valence-electron chi connectivity index (χ0n) is 51.6. The van der Waals surface area contributed by atoms with Crippen LogP contribution >= 0.6 is 0 Å². The zero-order chi connectivity index (χ0) is 54.2. The van der Waals surface area contributed by atoms with Crippen molar-refractivity contribution in [3.63, 3.8) is 0 Å². The summed E-state index contributed by atoms with van der Waals surface area (Å²) in [6.07, 6.45) is 62.3. The summed E-state index contributed by atoms with van der Waals surface area (Å²) in [6.45, 7) is 17.2. The number of rotatable bonds is 61. The van der Waals surface area contributed by atoms with E-state index in [9.17, 15) is 14.4 Å². The molecule has 0 aromatic heterocycles. The number of carbonyl (C=O) groups excluding carboxylic acids is 3. The lowest BCUT2D eigenvalue weighted by molar-refractivity contribution is -0.146. The normalized spacial score (nSPS) is 13.4. The largest absolute Gasteiger partial charge is 0.465 e. The molecule has 0 heterocycles. The molecule has 0 aromatic carbocycles. The van der Waals surface area contributed by atoms with Crippen molar-refractivity contribution in [3.05, 3.63) is 0 Å². The fraction of sp³-hybridized carbons (Fsp3) is 0.957. The molecule has 0 fully saturated rings. The molecule has 0 aliphatic rings. The van der Waals surface area contributed by atoms with Crippen LogP contribution in [0, 0.1) is 29.6 Å². The first-order valence-electron chi connectivity index (χ1n) is 34.1. The molecule has 0 aromatic rings. The summed E-state index contributed by atoms with van der Waals surface area (Å²) in [6, 6.07) is 0. The van der Waals surface area contributed by atoms with Crippen LogP contribution in [0.3, 0.4) is 0 Å². The van der Waals surface area contributed by atoms with E-state index >= 15 is 0 Å². The molecule has 5 nitrogen and oxygen atoms in total. The molecule has 0 aliphatic heterocycles. The van der Waals surface area contributed by atoms with Crippen LogP contribution in [0.1, 0.15) is 382 Å². The monoisotopic (exact) mass is 1040 g/mol. The average molecular weight is 1040 g/mol. The summed E-state index contributed by atoms with van der Waals surface area (Å²) in [5.74, 6) is 2.64. The molecule has 0 saturated heterocycles. The highest BCUT2D eigenvalue weighted by molar-refractivity contribution is 5.81. The van der Waals surface area contributed by atoms with Crippen LogP contribution in [0.2, 0.25) is 0 Å². The molecule has 0 amide bonds. The number of ketones is 1. The van der Waals surface area contributed by atoms with E-state index in [-0.39, 0.29) is 17.9 Å². The molecule has 0 saturated carbocycles. The Morgan fingerprint density at radius 1 is 0.284 bits per heavy atom. The maximum atomic E-state index is 14.2. The van der Waals surface area contributed by atoms with Gasteiger partial charge in [-0.15, -0.1) is 0 Å². The molecule has 0 rings (SSSR count). The van der Waals surface area contributed by atoms with E-state index in [2.05, 4.69) is 48.5 Å². The minimum Gasteiger partial charge on any atom is -0.465 e. The number of hydrogen-bond donors (Lipinski definition) is 0. The van der Waals surface area contributed by atoms with E-state index < -0.39 is 0 Å². The van der Waals surface area contributed by atoms with Gasteiger partial charge in [-0.05, 0) is 87.9 Å². The molecule has 440 valence electrons. The van der Waals surface area contributed by atoms with Gasteiger partial charge in [0.2, 0.25) is 0 Å². The quantitative estimate of drug-likeness (QED) is 0.0448. The van der Waals surface area contributed by atoms with E-state index in [0.29, 0.717) is 55.5 Å². The van der Waals surface area contributed by atoms with Crippen molar-refractivity contribution in [1.29, 1.82) is 0 Å². The second kappa shape index (κ2) is 57.8. The maximum Gasteiger partial charge on any atom is 0.305 e. The molecule has 0 N–H and O–H groups in total. The van der Waals surface area contributed by atoms with E-state index in [1.165, 1.54) is 244 Å². The Morgan fingerprint density at radius 2 is 0.554 bits per heavy atom. The fourth-order valence-corrected chi connectivity index (χ4v) is 11.7. The fourth-order valence-electron chi connectivity index (χ4n) is 11.7. The summed E-state index contributed by atoms with van der Waals surface area (Å²) in [4.78, 5) is 40.5. The predicted octanol–water partition coefficient (Wildman–Crippen LogP) is 23.1. The van der Waals surface area contributed by atoms with Crippen LogP contribution < -0.4 is 0 Å². The third kappa shape index (κ3) is 50.1. The third-order valence-electron chi connectivity index (χ3n) is 16.8. The second-order valence-electron chi connectivity index (χ2n) is 24.6. The van der Waals surface area contributed by atoms with Gasteiger partial charge in [-0.2, -0.15) is 0 Å². The molecule has 74 heavy (non-hydrogen) atoms. The molecular weight excluding hydrogens is 909 g/mol. The predicted molar refractivity (Wildman–Crippen MR) is 324 cm³/mol. The Bertz CT molecular complexity index is 1100. The second-order valence-corrected chi connectivity index (χ2v) is 24.6. The number of carbonyl (C=O) groups is 3. The molecule has 0 spiro atoms. The van der Waals surface area contributed by atoms with Crippen LogP contribution in [-0.4, -0.2) is 30.9 Å². The van der Waals surface area contributed by atoms with Crippen molar-refractivity contribution >= 4 is 17.7 Å². The van der Waals surface area contributed by atoms with Gasteiger partial charge in [0.1, 0.15) is 5.78 Å². The van der Waals surface area contributed by atoms with Gasteiger partial charge >= 0.3 is 11.9 Å². The van der Waals surface area contributed by atoms with Crippen LogP contribution in [-0.2, 0) is 23.9 Å². The lowest BCUT2D eigenvalue weighted by Gasteiger charge is -2.27. The summed E-state index contributed by atoms with van der Waals surface area (Å²) >= 11 is 0. The highest BCUT2D eigenvalue weighted by Crippen LogP contribution is 2.33. The lowest BCUT2D eigenvalue weighted by atomic mass is 9.77. The highest BCUT2D eigenvalue weighted by atomic mass is 16.5. The van der Waals surface area contributed by atoms with Gasteiger partial charge in [0.05, 0.1) is 13.2 Å². The number of hydrogen-bond acceptors (Lipinski definition) is 5. The van der Waals surface area contributed by atoms with E-state index in [4.69, 9.17) is 9.47 Å². The standard InChI is InChI=1S/C69H134O5/c1-8-13-18-23-28-30-34-41-52-63(50-39-32-25-20-15-10-3)60-73-68(71)58-46-37-43-54-65(66(56-48-49-62(6)7)67(70)57-45-36-27-22-17-12-5)55-44-38-47-59-69(72)74-61-64(51-40-33-26-21-16-11-4)53-42-35-31-29-24-19-14-9-2/h62-66H,8-61H2,1-7H3. The number of unbranched alkanes of at least 4 members (excludes halogenated alkanes) is 33. The van der Waals surface area contributed by atoms with Crippen LogP contribution in [0.4, 0.5) is 0 Å².